The standard InChI is InChI=1S/C15H23N3O3S/c1-17-14(19)12-5-7-13(8-6-12)22(20,21)18-11-15(16)9-3-2-4-10-15/h5-8,18H,2-4,9-11,16H2,1H3,(H,17,19). The van der Waals surface area contributed by atoms with Gasteiger partial charge in [0, 0.05) is 24.7 Å². The van der Waals surface area contributed by atoms with E-state index < -0.39 is 15.6 Å². The smallest absolute Gasteiger partial charge is 0.251 e. The predicted octanol–water partition coefficient (Wildman–Crippen LogP) is 0.986. The van der Waals surface area contributed by atoms with Crippen molar-refractivity contribution in [2.75, 3.05) is 13.6 Å². The fraction of sp³-hybridized carbons (Fsp3) is 0.533. The van der Waals surface area contributed by atoms with Crippen LogP contribution >= 0.6 is 0 Å². The van der Waals surface area contributed by atoms with Crippen LogP contribution in [0.25, 0.3) is 0 Å². The Bertz CT molecular complexity index is 620. The van der Waals surface area contributed by atoms with E-state index in [2.05, 4.69) is 10.0 Å². The van der Waals surface area contributed by atoms with E-state index in [4.69, 9.17) is 5.73 Å². The summed E-state index contributed by atoms with van der Waals surface area (Å²) in [5.41, 5.74) is 6.22. The van der Waals surface area contributed by atoms with Gasteiger partial charge < -0.3 is 11.1 Å². The highest BCUT2D eigenvalue weighted by atomic mass is 32.2. The number of hydrogen-bond acceptors (Lipinski definition) is 4. The zero-order valence-electron chi connectivity index (χ0n) is 12.8. The Hall–Kier alpha value is -1.44. The Balaban J connectivity index is 2.05. The molecule has 1 saturated carbocycles. The molecule has 1 aromatic carbocycles. The fourth-order valence-corrected chi connectivity index (χ4v) is 3.82. The van der Waals surface area contributed by atoms with Crippen LogP contribution in [-0.2, 0) is 10.0 Å². The molecule has 6 nitrogen and oxygen atoms in total. The molecule has 0 unspecified atom stereocenters. The van der Waals surface area contributed by atoms with Crippen LogP contribution in [0.5, 0.6) is 0 Å². The Kier molecular flexibility index (Phi) is 5.20. The molecule has 4 N–H and O–H groups in total. The lowest BCUT2D eigenvalue weighted by atomic mass is 9.83. The minimum atomic E-state index is -3.61. The number of carbonyl (C=O) groups excluding carboxylic acids is 1. The van der Waals surface area contributed by atoms with E-state index in [0.29, 0.717) is 5.56 Å². The second kappa shape index (κ2) is 6.76. The molecule has 0 aliphatic heterocycles. The zero-order valence-corrected chi connectivity index (χ0v) is 13.6. The van der Waals surface area contributed by atoms with Crippen molar-refractivity contribution in [1.82, 2.24) is 10.0 Å². The first-order valence-electron chi connectivity index (χ1n) is 7.47. The number of nitrogens with one attached hydrogen (secondary N) is 2. The van der Waals surface area contributed by atoms with Crippen molar-refractivity contribution in [3.05, 3.63) is 29.8 Å². The van der Waals surface area contributed by atoms with E-state index in [9.17, 15) is 13.2 Å². The normalized spacial score (nSPS) is 17.9. The van der Waals surface area contributed by atoms with Crippen LogP contribution in [-0.4, -0.2) is 33.5 Å². The predicted molar refractivity (Wildman–Crippen MR) is 85.0 cm³/mol. The third kappa shape index (κ3) is 4.06. The van der Waals surface area contributed by atoms with Gasteiger partial charge in [-0.05, 0) is 37.1 Å². The lowest BCUT2D eigenvalue weighted by molar-refractivity contribution is 0.0963. The molecule has 0 heterocycles. The van der Waals surface area contributed by atoms with Gasteiger partial charge in [0.25, 0.3) is 5.91 Å². The van der Waals surface area contributed by atoms with Crippen molar-refractivity contribution >= 4 is 15.9 Å². The Labute approximate surface area is 131 Å². The summed E-state index contributed by atoms with van der Waals surface area (Å²) in [6, 6.07) is 5.84. The molecule has 0 radical (unpaired) electrons. The van der Waals surface area contributed by atoms with E-state index >= 15 is 0 Å². The fourth-order valence-electron chi connectivity index (χ4n) is 2.68. The topological polar surface area (TPSA) is 101 Å². The maximum Gasteiger partial charge on any atom is 0.251 e. The molecule has 0 aromatic heterocycles. The maximum atomic E-state index is 12.3. The van der Waals surface area contributed by atoms with Crippen molar-refractivity contribution < 1.29 is 13.2 Å². The van der Waals surface area contributed by atoms with Crippen LogP contribution in [0.4, 0.5) is 0 Å². The highest BCUT2D eigenvalue weighted by Crippen LogP contribution is 2.25. The molecule has 1 aromatic rings. The maximum absolute atomic E-state index is 12.3. The van der Waals surface area contributed by atoms with Crippen molar-refractivity contribution in [2.24, 2.45) is 5.73 Å². The number of carbonyl (C=O) groups is 1. The van der Waals surface area contributed by atoms with Crippen molar-refractivity contribution in [2.45, 2.75) is 42.5 Å². The molecule has 22 heavy (non-hydrogen) atoms. The van der Waals surface area contributed by atoms with Gasteiger partial charge in [-0.25, -0.2) is 13.1 Å². The largest absolute Gasteiger partial charge is 0.355 e. The average molecular weight is 325 g/mol. The molecule has 0 bridgehead atoms. The monoisotopic (exact) mass is 325 g/mol. The van der Waals surface area contributed by atoms with Crippen LogP contribution in [0.3, 0.4) is 0 Å². The molecule has 1 fully saturated rings. The van der Waals surface area contributed by atoms with E-state index in [1.807, 2.05) is 0 Å². The first kappa shape index (κ1) is 16.9. The third-order valence-electron chi connectivity index (χ3n) is 4.12. The van der Waals surface area contributed by atoms with E-state index in [0.717, 1.165) is 32.1 Å². The summed E-state index contributed by atoms with van der Waals surface area (Å²) >= 11 is 0. The lowest BCUT2D eigenvalue weighted by Crippen LogP contribution is -2.51. The Morgan fingerprint density at radius 3 is 2.32 bits per heavy atom. The Morgan fingerprint density at radius 1 is 1.18 bits per heavy atom. The summed E-state index contributed by atoms with van der Waals surface area (Å²) in [4.78, 5) is 11.6. The lowest BCUT2D eigenvalue weighted by Gasteiger charge is -2.33. The minimum Gasteiger partial charge on any atom is -0.355 e. The van der Waals surface area contributed by atoms with Crippen molar-refractivity contribution in [3.8, 4) is 0 Å². The molecule has 122 valence electrons. The van der Waals surface area contributed by atoms with E-state index in [1.165, 1.54) is 31.3 Å². The molecule has 7 heteroatoms. The second-order valence-electron chi connectivity index (χ2n) is 5.85. The minimum absolute atomic E-state index is 0.138. The molecule has 2 rings (SSSR count). The summed E-state index contributed by atoms with van der Waals surface area (Å²) < 4.78 is 27.2. The molecule has 0 spiro atoms. The van der Waals surface area contributed by atoms with Crippen LogP contribution in [0.1, 0.15) is 42.5 Å². The number of rotatable bonds is 5. The van der Waals surface area contributed by atoms with Crippen LogP contribution in [0.15, 0.2) is 29.2 Å². The zero-order chi connectivity index (χ0) is 16.2. The molecule has 0 atom stereocenters. The summed E-state index contributed by atoms with van der Waals surface area (Å²) in [6.45, 7) is 0.243. The first-order chi connectivity index (χ1) is 10.4. The highest BCUT2D eigenvalue weighted by Gasteiger charge is 2.29. The molecule has 1 aliphatic rings. The molecular weight excluding hydrogens is 302 g/mol. The number of benzene rings is 1. The summed E-state index contributed by atoms with van der Waals surface area (Å²) in [7, 11) is -2.08. The van der Waals surface area contributed by atoms with Gasteiger partial charge in [-0.1, -0.05) is 19.3 Å². The van der Waals surface area contributed by atoms with Gasteiger partial charge in [0.15, 0.2) is 0 Å². The van der Waals surface area contributed by atoms with E-state index in [1.54, 1.807) is 0 Å². The van der Waals surface area contributed by atoms with Crippen molar-refractivity contribution in [1.29, 1.82) is 0 Å². The van der Waals surface area contributed by atoms with Gasteiger partial charge in [-0.3, -0.25) is 4.79 Å². The molecule has 1 aliphatic carbocycles. The number of sulfonamides is 1. The number of amides is 1. The van der Waals surface area contributed by atoms with Gasteiger partial charge in [0.05, 0.1) is 4.90 Å². The first-order valence-corrected chi connectivity index (χ1v) is 8.95. The van der Waals surface area contributed by atoms with E-state index in [-0.39, 0.29) is 17.3 Å². The third-order valence-corrected chi connectivity index (χ3v) is 5.53. The van der Waals surface area contributed by atoms with Gasteiger partial charge >= 0.3 is 0 Å². The van der Waals surface area contributed by atoms with Gasteiger partial charge in [0.1, 0.15) is 0 Å². The average Bonchev–Trinajstić information content (AvgIpc) is 2.53. The number of nitrogens with two attached hydrogens (primary N) is 1. The quantitative estimate of drug-likeness (QED) is 0.751. The molecular formula is C15H23N3O3S. The summed E-state index contributed by atoms with van der Waals surface area (Å²) in [5, 5.41) is 2.49. The van der Waals surface area contributed by atoms with Gasteiger partial charge in [-0.15, -0.1) is 0 Å². The summed E-state index contributed by atoms with van der Waals surface area (Å²) in [6.07, 6.45) is 4.92. The molecule has 0 saturated heterocycles. The Morgan fingerprint density at radius 2 is 1.77 bits per heavy atom. The van der Waals surface area contributed by atoms with Gasteiger partial charge in [0.2, 0.25) is 10.0 Å². The number of hydrogen-bond donors (Lipinski definition) is 3. The van der Waals surface area contributed by atoms with Gasteiger partial charge in [-0.2, -0.15) is 0 Å². The SMILES string of the molecule is CNC(=O)c1ccc(S(=O)(=O)NCC2(N)CCCCC2)cc1. The van der Waals surface area contributed by atoms with Crippen LogP contribution in [0.2, 0.25) is 0 Å². The van der Waals surface area contributed by atoms with Crippen LogP contribution in [0, 0.1) is 0 Å². The van der Waals surface area contributed by atoms with Crippen LogP contribution < -0.4 is 15.8 Å². The highest BCUT2D eigenvalue weighted by molar-refractivity contribution is 7.89. The molecule has 1 amide bonds. The second-order valence-corrected chi connectivity index (χ2v) is 7.62. The summed E-state index contributed by atoms with van der Waals surface area (Å²) in [5.74, 6) is -0.250. The van der Waals surface area contributed by atoms with Crippen molar-refractivity contribution in [3.63, 3.8) is 0 Å².